The molecule has 6 heteroatoms. The number of hydrogen-bond acceptors (Lipinski definition) is 5. The second kappa shape index (κ2) is 4.70. The number of hydrazine groups is 2. The van der Waals surface area contributed by atoms with Gasteiger partial charge in [0.1, 0.15) is 5.16 Å². The number of anilines is 1. The Kier molecular flexibility index (Phi) is 2.89. The van der Waals surface area contributed by atoms with Gasteiger partial charge in [-0.25, -0.2) is 0 Å². The van der Waals surface area contributed by atoms with E-state index in [4.69, 9.17) is 17.3 Å². The quantitative estimate of drug-likeness (QED) is 0.735. The molecular formula is C13H12ClN5. The van der Waals surface area contributed by atoms with Gasteiger partial charge in [-0.1, -0.05) is 48.0 Å². The molecule has 0 spiro atoms. The predicted octanol–water partition coefficient (Wildman–Crippen LogP) is 2.34. The van der Waals surface area contributed by atoms with Crippen LogP contribution >= 0.6 is 11.6 Å². The number of amidine groups is 1. The van der Waals surface area contributed by atoms with Gasteiger partial charge >= 0.3 is 0 Å². The van der Waals surface area contributed by atoms with Crippen molar-refractivity contribution in [3.05, 3.63) is 53.7 Å². The van der Waals surface area contributed by atoms with Crippen LogP contribution in [0.2, 0.25) is 0 Å². The maximum atomic E-state index is 5.90. The average molecular weight is 274 g/mol. The van der Waals surface area contributed by atoms with Crippen LogP contribution in [0.5, 0.6) is 0 Å². The van der Waals surface area contributed by atoms with E-state index in [0.717, 1.165) is 16.5 Å². The lowest BCUT2D eigenvalue weighted by Gasteiger charge is -2.25. The number of hydrogen-bond donors (Lipinski definition) is 3. The van der Waals surface area contributed by atoms with E-state index >= 15 is 0 Å². The molecule has 96 valence electrons. The van der Waals surface area contributed by atoms with Crippen molar-refractivity contribution in [3.8, 4) is 0 Å². The number of benzene rings is 2. The van der Waals surface area contributed by atoms with E-state index in [-0.39, 0.29) is 0 Å². The fraction of sp³-hybridized carbons (Fsp3) is 0. The Bertz CT molecular complexity index is 674. The minimum atomic E-state index is 0.330. The zero-order chi connectivity index (χ0) is 13.2. The van der Waals surface area contributed by atoms with E-state index in [1.165, 1.54) is 5.23 Å². The van der Waals surface area contributed by atoms with Gasteiger partial charge in [-0.2, -0.15) is 0 Å². The molecule has 4 N–H and O–H groups in total. The Morgan fingerprint density at radius 1 is 1.16 bits per heavy atom. The molecule has 0 bridgehead atoms. The van der Waals surface area contributed by atoms with E-state index in [0.29, 0.717) is 11.0 Å². The molecule has 0 fully saturated rings. The van der Waals surface area contributed by atoms with E-state index < -0.39 is 0 Å². The standard InChI is InChI=1S/C13H12ClN5/c14-12-8-13(15)18-19(17-12)16-11-7-3-5-9-4-1-2-6-10(9)11/h1-8,16-17H,(H2,15,18). The van der Waals surface area contributed by atoms with Gasteiger partial charge in [0, 0.05) is 11.5 Å². The Morgan fingerprint density at radius 2 is 1.95 bits per heavy atom. The largest absolute Gasteiger partial charge is 0.382 e. The van der Waals surface area contributed by atoms with Crippen LogP contribution in [0.25, 0.3) is 10.8 Å². The molecule has 1 heterocycles. The van der Waals surface area contributed by atoms with Crippen LogP contribution in [-0.2, 0) is 0 Å². The van der Waals surface area contributed by atoms with Gasteiger partial charge in [0.15, 0.2) is 5.84 Å². The third-order valence-corrected chi connectivity index (χ3v) is 2.91. The molecule has 0 unspecified atom stereocenters. The summed E-state index contributed by atoms with van der Waals surface area (Å²) in [6, 6.07) is 14.1. The topological polar surface area (TPSA) is 65.7 Å². The number of nitrogens with zero attached hydrogens (tertiary/aromatic N) is 2. The summed E-state index contributed by atoms with van der Waals surface area (Å²) in [5.41, 5.74) is 12.5. The van der Waals surface area contributed by atoms with Gasteiger partial charge < -0.3 is 5.73 Å². The number of halogens is 1. The van der Waals surface area contributed by atoms with Crippen LogP contribution in [0.15, 0.2) is 58.8 Å². The Hall–Kier alpha value is -2.40. The molecule has 1 aliphatic heterocycles. The van der Waals surface area contributed by atoms with Gasteiger partial charge in [0.2, 0.25) is 0 Å². The number of nitrogens with one attached hydrogen (secondary N) is 2. The lowest BCUT2D eigenvalue weighted by atomic mass is 10.1. The highest BCUT2D eigenvalue weighted by atomic mass is 35.5. The molecule has 1 aliphatic rings. The summed E-state index contributed by atoms with van der Waals surface area (Å²) in [5.74, 6) is 0.330. The van der Waals surface area contributed by atoms with Crippen LogP contribution < -0.4 is 16.6 Å². The summed E-state index contributed by atoms with van der Waals surface area (Å²) < 4.78 is 0. The molecule has 3 rings (SSSR count). The monoisotopic (exact) mass is 273 g/mol. The minimum absolute atomic E-state index is 0.330. The van der Waals surface area contributed by atoms with Crippen molar-refractivity contribution in [2.24, 2.45) is 10.8 Å². The highest BCUT2D eigenvalue weighted by Gasteiger charge is 2.10. The first-order valence-corrected chi connectivity index (χ1v) is 6.13. The molecule has 19 heavy (non-hydrogen) atoms. The lowest BCUT2D eigenvalue weighted by Crippen LogP contribution is -2.41. The highest BCUT2D eigenvalue weighted by molar-refractivity contribution is 6.30. The van der Waals surface area contributed by atoms with Crippen LogP contribution in [-0.4, -0.2) is 11.1 Å². The second-order valence-corrected chi connectivity index (χ2v) is 4.49. The minimum Gasteiger partial charge on any atom is -0.382 e. The van der Waals surface area contributed by atoms with Gasteiger partial charge in [0.05, 0.1) is 5.69 Å². The molecular weight excluding hydrogens is 262 g/mol. The maximum absolute atomic E-state index is 5.90. The zero-order valence-corrected chi connectivity index (χ0v) is 10.7. The first-order chi connectivity index (χ1) is 9.22. The first-order valence-electron chi connectivity index (χ1n) is 5.75. The molecule has 0 radical (unpaired) electrons. The number of hydrazone groups is 1. The van der Waals surface area contributed by atoms with Crippen molar-refractivity contribution in [2.75, 3.05) is 5.43 Å². The van der Waals surface area contributed by atoms with Gasteiger partial charge in [0.25, 0.3) is 0 Å². The first kappa shape index (κ1) is 11.7. The van der Waals surface area contributed by atoms with Crippen molar-refractivity contribution < 1.29 is 0 Å². The molecule has 0 atom stereocenters. The van der Waals surface area contributed by atoms with Gasteiger partial charge in [-0.05, 0) is 11.5 Å². The third-order valence-electron chi connectivity index (χ3n) is 2.72. The van der Waals surface area contributed by atoms with Crippen molar-refractivity contribution in [1.29, 1.82) is 0 Å². The van der Waals surface area contributed by atoms with E-state index in [1.807, 2.05) is 30.3 Å². The average Bonchev–Trinajstić information content (AvgIpc) is 2.38. The number of nitrogens with two attached hydrogens (primary N) is 1. The molecule has 0 saturated heterocycles. The van der Waals surface area contributed by atoms with E-state index in [2.05, 4.69) is 28.1 Å². The van der Waals surface area contributed by atoms with Crippen LogP contribution in [0, 0.1) is 0 Å². The lowest BCUT2D eigenvalue weighted by molar-refractivity contribution is 0.279. The summed E-state index contributed by atoms with van der Waals surface area (Å²) in [6.07, 6.45) is 1.54. The number of fused-ring (bicyclic) bond motifs is 1. The van der Waals surface area contributed by atoms with Crippen molar-refractivity contribution in [3.63, 3.8) is 0 Å². The highest BCUT2D eigenvalue weighted by Crippen LogP contribution is 2.23. The summed E-state index contributed by atoms with van der Waals surface area (Å²) in [4.78, 5) is 0. The fourth-order valence-corrected chi connectivity index (χ4v) is 2.11. The fourth-order valence-electron chi connectivity index (χ4n) is 1.92. The summed E-state index contributed by atoms with van der Waals surface area (Å²) >= 11 is 5.90. The smallest absolute Gasteiger partial charge is 0.150 e. The predicted molar refractivity (Wildman–Crippen MR) is 78.1 cm³/mol. The molecule has 2 aromatic carbocycles. The summed E-state index contributed by atoms with van der Waals surface area (Å²) in [5, 5.41) is 8.10. The normalized spacial score (nSPS) is 14.7. The molecule has 5 nitrogen and oxygen atoms in total. The Balaban J connectivity index is 1.92. The Labute approximate surface area is 115 Å². The second-order valence-electron chi connectivity index (χ2n) is 4.08. The van der Waals surface area contributed by atoms with Crippen LogP contribution in [0.3, 0.4) is 0 Å². The zero-order valence-electron chi connectivity index (χ0n) is 9.97. The van der Waals surface area contributed by atoms with Gasteiger partial charge in [-0.15, -0.1) is 10.3 Å². The summed E-state index contributed by atoms with van der Waals surface area (Å²) in [6.45, 7) is 0. The Morgan fingerprint density at radius 3 is 2.79 bits per heavy atom. The van der Waals surface area contributed by atoms with Crippen LogP contribution in [0.1, 0.15) is 0 Å². The van der Waals surface area contributed by atoms with Gasteiger partial charge in [-0.3, -0.25) is 10.9 Å². The molecule has 0 saturated carbocycles. The molecule has 0 aliphatic carbocycles. The van der Waals surface area contributed by atoms with Crippen molar-refractivity contribution in [2.45, 2.75) is 0 Å². The SMILES string of the molecule is NC1=NN(Nc2cccc3ccccc23)NC(Cl)=C1. The van der Waals surface area contributed by atoms with Crippen molar-refractivity contribution in [1.82, 2.24) is 10.7 Å². The van der Waals surface area contributed by atoms with E-state index in [1.54, 1.807) is 6.08 Å². The van der Waals surface area contributed by atoms with Crippen molar-refractivity contribution >= 4 is 33.9 Å². The van der Waals surface area contributed by atoms with Crippen LogP contribution in [0.4, 0.5) is 5.69 Å². The number of rotatable bonds is 2. The third kappa shape index (κ3) is 2.41. The molecule has 0 amide bonds. The molecule has 2 aromatic rings. The molecule has 0 aromatic heterocycles. The summed E-state index contributed by atoms with van der Waals surface area (Å²) in [7, 11) is 0. The van der Waals surface area contributed by atoms with E-state index in [9.17, 15) is 0 Å². The maximum Gasteiger partial charge on any atom is 0.150 e.